The van der Waals surface area contributed by atoms with Gasteiger partial charge in [-0.2, -0.15) is 5.10 Å². The number of benzene rings is 2. The Morgan fingerprint density at radius 1 is 1.07 bits per heavy atom. The number of hydrogen-bond acceptors (Lipinski definition) is 4. The van der Waals surface area contributed by atoms with E-state index in [2.05, 4.69) is 10.4 Å². The summed E-state index contributed by atoms with van der Waals surface area (Å²) in [5.74, 6) is -1.47. The summed E-state index contributed by atoms with van der Waals surface area (Å²) in [7, 11) is 0. The predicted molar refractivity (Wildman–Crippen MR) is 108 cm³/mol. The third kappa shape index (κ3) is 4.05. The van der Waals surface area contributed by atoms with Gasteiger partial charge in [-0.25, -0.2) is 4.68 Å². The van der Waals surface area contributed by atoms with Gasteiger partial charge in [0.05, 0.1) is 16.3 Å². The quantitative estimate of drug-likeness (QED) is 0.680. The summed E-state index contributed by atoms with van der Waals surface area (Å²) in [6.07, 6.45) is 0. The maximum atomic E-state index is 12.6. The van der Waals surface area contributed by atoms with Crippen LogP contribution in [0.1, 0.15) is 26.5 Å². The number of aromatic nitrogens is 2. The number of nitrogens with zero attached hydrogens (tertiary/aromatic N) is 2. The minimum Gasteiger partial charge on any atom is -0.366 e. The van der Waals surface area contributed by atoms with Gasteiger partial charge in [0.2, 0.25) is 11.3 Å². The van der Waals surface area contributed by atoms with Gasteiger partial charge in [-0.05, 0) is 49.4 Å². The maximum Gasteiger partial charge on any atom is 0.280 e. The highest BCUT2D eigenvalue weighted by Crippen LogP contribution is 2.20. The number of carbonyl (C=O) groups is 2. The molecule has 3 aromatic rings. The van der Waals surface area contributed by atoms with Crippen molar-refractivity contribution in [1.29, 1.82) is 0 Å². The lowest BCUT2D eigenvalue weighted by atomic mass is 10.2. The second-order valence-corrected chi connectivity index (χ2v) is 6.74. The molecule has 0 fully saturated rings. The van der Waals surface area contributed by atoms with Crippen LogP contribution in [0.15, 0.2) is 53.3 Å². The van der Waals surface area contributed by atoms with Crippen LogP contribution in [-0.4, -0.2) is 21.6 Å². The van der Waals surface area contributed by atoms with Crippen LogP contribution < -0.4 is 16.5 Å². The summed E-state index contributed by atoms with van der Waals surface area (Å²) in [6, 6.07) is 12.3. The van der Waals surface area contributed by atoms with E-state index in [0.717, 1.165) is 0 Å². The van der Waals surface area contributed by atoms with Crippen molar-refractivity contribution in [1.82, 2.24) is 9.78 Å². The highest BCUT2D eigenvalue weighted by molar-refractivity contribution is 6.34. The first-order valence-electron chi connectivity index (χ1n) is 8.04. The van der Waals surface area contributed by atoms with Crippen LogP contribution >= 0.6 is 23.2 Å². The van der Waals surface area contributed by atoms with Gasteiger partial charge in [-0.1, -0.05) is 23.2 Å². The maximum absolute atomic E-state index is 12.6. The highest BCUT2D eigenvalue weighted by Gasteiger charge is 2.17. The summed E-state index contributed by atoms with van der Waals surface area (Å²) in [4.78, 5) is 36.3. The number of anilines is 1. The Kier molecular flexibility index (Phi) is 5.48. The minimum absolute atomic E-state index is 0.0508. The van der Waals surface area contributed by atoms with E-state index in [9.17, 15) is 14.4 Å². The van der Waals surface area contributed by atoms with Crippen molar-refractivity contribution in [2.45, 2.75) is 6.92 Å². The van der Waals surface area contributed by atoms with Crippen molar-refractivity contribution in [3.8, 4) is 5.69 Å². The first kappa shape index (κ1) is 19.6. The minimum atomic E-state index is -0.736. The van der Waals surface area contributed by atoms with Gasteiger partial charge in [0.1, 0.15) is 0 Å². The van der Waals surface area contributed by atoms with Crippen molar-refractivity contribution in [3.63, 3.8) is 0 Å². The Hall–Kier alpha value is -3.16. The van der Waals surface area contributed by atoms with Crippen LogP contribution in [0.2, 0.25) is 10.0 Å². The zero-order valence-electron chi connectivity index (χ0n) is 14.6. The molecular weight excluding hydrogens is 403 g/mol. The smallest absolute Gasteiger partial charge is 0.280 e. The van der Waals surface area contributed by atoms with Gasteiger partial charge in [-0.15, -0.1) is 0 Å². The van der Waals surface area contributed by atoms with E-state index < -0.39 is 17.2 Å². The number of nitrogens with two attached hydrogens (primary N) is 1. The molecule has 3 rings (SSSR count). The lowest BCUT2D eigenvalue weighted by molar-refractivity contribution is 0.0995. The second kappa shape index (κ2) is 7.84. The summed E-state index contributed by atoms with van der Waals surface area (Å²) < 4.78 is 1.46. The third-order valence-electron chi connectivity index (χ3n) is 3.88. The number of aryl methyl sites for hydroxylation is 1. The molecule has 0 saturated heterocycles. The van der Waals surface area contributed by atoms with E-state index in [1.807, 2.05) is 0 Å². The SMILES string of the molecule is Cc1cc(=O)c(C(=O)Nc2ccc(Cl)c(C(N)=O)c2)nn1-c1ccc(Cl)cc1. The fourth-order valence-corrected chi connectivity index (χ4v) is 2.87. The molecule has 7 nitrogen and oxygen atoms in total. The topological polar surface area (TPSA) is 107 Å². The Balaban J connectivity index is 1.97. The number of nitrogens with one attached hydrogen (secondary N) is 1. The molecule has 2 amide bonds. The number of carbonyl (C=O) groups excluding carboxylic acids is 2. The van der Waals surface area contributed by atoms with Crippen molar-refractivity contribution in [2.75, 3.05) is 5.32 Å². The number of primary amides is 1. The standard InChI is InChI=1S/C19H14Cl2N4O3/c1-10-8-16(26)17(24-25(10)13-5-2-11(20)3-6-13)19(28)23-12-4-7-15(21)14(9-12)18(22)27/h2-9H,1H3,(H2,22,27)(H,23,28). The van der Waals surface area contributed by atoms with E-state index in [-0.39, 0.29) is 22.0 Å². The third-order valence-corrected chi connectivity index (χ3v) is 4.46. The molecule has 0 atom stereocenters. The molecule has 0 aliphatic rings. The number of hydrogen-bond donors (Lipinski definition) is 2. The molecule has 1 aromatic heterocycles. The first-order valence-corrected chi connectivity index (χ1v) is 8.79. The van der Waals surface area contributed by atoms with Crippen LogP contribution in [0, 0.1) is 6.92 Å². The first-order chi connectivity index (χ1) is 13.3. The molecule has 1 heterocycles. The van der Waals surface area contributed by atoms with Crippen LogP contribution in [-0.2, 0) is 0 Å². The lowest BCUT2D eigenvalue weighted by Gasteiger charge is -2.12. The van der Waals surface area contributed by atoms with E-state index >= 15 is 0 Å². The molecule has 0 unspecified atom stereocenters. The van der Waals surface area contributed by atoms with Gasteiger partial charge in [-0.3, -0.25) is 14.4 Å². The van der Waals surface area contributed by atoms with E-state index in [4.69, 9.17) is 28.9 Å². The van der Waals surface area contributed by atoms with Gasteiger partial charge in [0.15, 0.2) is 5.69 Å². The van der Waals surface area contributed by atoms with Crippen molar-refractivity contribution in [3.05, 3.63) is 85.8 Å². The second-order valence-electron chi connectivity index (χ2n) is 5.90. The van der Waals surface area contributed by atoms with E-state index in [1.54, 1.807) is 31.2 Å². The molecule has 9 heteroatoms. The monoisotopic (exact) mass is 416 g/mol. The largest absolute Gasteiger partial charge is 0.366 e. The molecule has 0 radical (unpaired) electrons. The van der Waals surface area contributed by atoms with Crippen LogP contribution in [0.5, 0.6) is 0 Å². The molecule has 0 aliphatic carbocycles. The van der Waals surface area contributed by atoms with Gasteiger partial charge in [0, 0.05) is 22.5 Å². The van der Waals surface area contributed by atoms with Crippen molar-refractivity contribution in [2.24, 2.45) is 5.73 Å². The predicted octanol–water partition coefficient (Wildman–Crippen LogP) is 3.20. The Morgan fingerprint density at radius 2 is 1.75 bits per heavy atom. The molecule has 0 aliphatic heterocycles. The molecular formula is C19H14Cl2N4O3. The number of amides is 2. The van der Waals surface area contributed by atoms with E-state index in [1.165, 1.54) is 28.9 Å². The van der Waals surface area contributed by atoms with Gasteiger partial charge in [0.25, 0.3) is 5.91 Å². The van der Waals surface area contributed by atoms with Crippen molar-refractivity contribution >= 4 is 40.7 Å². The average Bonchev–Trinajstić information content (AvgIpc) is 2.64. The lowest BCUT2D eigenvalue weighted by Crippen LogP contribution is -2.27. The fourth-order valence-electron chi connectivity index (χ4n) is 2.53. The Labute approximate surface area is 169 Å². The normalized spacial score (nSPS) is 10.5. The molecule has 2 aromatic carbocycles. The zero-order valence-corrected chi connectivity index (χ0v) is 16.1. The highest BCUT2D eigenvalue weighted by atomic mass is 35.5. The number of rotatable bonds is 4. The summed E-state index contributed by atoms with van der Waals surface area (Å²) in [5, 5.41) is 7.41. The van der Waals surface area contributed by atoms with E-state index in [0.29, 0.717) is 16.4 Å². The Morgan fingerprint density at radius 3 is 2.39 bits per heavy atom. The molecule has 28 heavy (non-hydrogen) atoms. The summed E-state index contributed by atoms with van der Waals surface area (Å²) in [6.45, 7) is 1.70. The molecule has 0 saturated carbocycles. The molecule has 0 spiro atoms. The van der Waals surface area contributed by atoms with Gasteiger partial charge < -0.3 is 11.1 Å². The zero-order chi connectivity index (χ0) is 20.4. The molecule has 142 valence electrons. The molecule has 0 bridgehead atoms. The summed E-state index contributed by atoms with van der Waals surface area (Å²) in [5.41, 5.74) is 5.89. The van der Waals surface area contributed by atoms with Crippen molar-refractivity contribution < 1.29 is 9.59 Å². The molecule has 3 N–H and O–H groups in total. The summed E-state index contributed by atoms with van der Waals surface area (Å²) >= 11 is 11.8. The average molecular weight is 417 g/mol. The fraction of sp³-hybridized carbons (Fsp3) is 0.0526. The van der Waals surface area contributed by atoms with Crippen LogP contribution in [0.4, 0.5) is 5.69 Å². The van der Waals surface area contributed by atoms with Crippen LogP contribution in [0.3, 0.4) is 0 Å². The Bertz CT molecular complexity index is 1140. The van der Waals surface area contributed by atoms with Gasteiger partial charge >= 0.3 is 0 Å². The number of halogens is 2. The van der Waals surface area contributed by atoms with Crippen LogP contribution in [0.25, 0.3) is 5.69 Å².